The predicted octanol–water partition coefficient (Wildman–Crippen LogP) is 3.02. The molecule has 3 heterocycles. The number of aryl methyl sites for hydroxylation is 1. The minimum Gasteiger partial charge on any atom is -0.383 e. The van der Waals surface area contributed by atoms with Gasteiger partial charge in [-0.05, 0) is 49.6 Å². The first-order valence-corrected chi connectivity index (χ1v) is 10.5. The third-order valence-corrected chi connectivity index (χ3v) is 5.10. The Morgan fingerprint density at radius 2 is 1.97 bits per heavy atom. The summed E-state index contributed by atoms with van der Waals surface area (Å²) in [6.07, 6.45) is 4.66. The van der Waals surface area contributed by atoms with E-state index in [2.05, 4.69) is 37.2 Å². The number of carbonyl (C=O) groups is 1. The summed E-state index contributed by atoms with van der Waals surface area (Å²) in [4.78, 5) is 26.0. The molecule has 3 N–H and O–H groups in total. The van der Waals surface area contributed by atoms with Gasteiger partial charge in [0.15, 0.2) is 5.65 Å². The molecule has 0 radical (unpaired) electrons. The van der Waals surface area contributed by atoms with Gasteiger partial charge in [-0.1, -0.05) is 18.1 Å². The fourth-order valence-corrected chi connectivity index (χ4v) is 3.45. The number of benzene rings is 1. The number of nitrogens with one attached hydrogen (secondary N) is 1. The van der Waals surface area contributed by atoms with Gasteiger partial charge in [0.2, 0.25) is 0 Å². The number of hydrogen-bond acceptors (Lipinski definition) is 7. The summed E-state index contributed by atoms with van der Waals surface area (Å²) in [5.41, 5.74) is 10.9. The van der Waals surface area contributed by atoms with Gasteiger partial charge in [-0.3, -0.25) is 4.79 Å². The fraction of sp³-hybridized carbons (Fsp3) is 0.160. The second-order valence-corrected chi connectivity index (χ2v) is 7.49. The molecule has 1 amide bonds. The number of allylic oxidation sites excluding steroid dienone is 1. The molecule has 0 atom stereocenters. The van der Waals surface area contributed by atoms with Crippen molar-refractivity contribution < 1.29 is 9.53 Å². The lowest BCUT2D eigenvalue weighted by Crippen LogP contribution is -2.17. The van der Waals surface area contributed by atoms with Gasteiger partial charge < -0.3 is 15.8 Å². The van der Waals surface area contributed by atoms with Gasteiger partial charge in [0.25, 0.3) is 5.91 Å². The van der Waals surface area contributed by atoms with Crippen LogP contribution in [0.4, 0.5) is 11.5 Å². The van der Waals surface area contributed by atoms with Crippen LogP contribution in [0.3, 0.4) is 0 Å². The summed E-state index contributed by atoms with van der Waals surface area (Å²) in [5.74, 6) is 5.95. The Hall–Kier alpha value is -4.55. The van der Waals surface area contributed by atoms with Gasteiger partial charge >= 0.3 is 0 Å². The molecular weight excluding hydrogens is 430 g/mol. The third-order valence-electron chi connectivity index (χ3n) is 5.10. The van der Waals surface area contributed by atoms with Crippen molar-refractivity contribution in [3.05, 3.63) is 83.2 Å². The molecular formula is C25H23N7O2. The maximum absolute atomic E-state index is 13.4. The van der Waals surface area contributed by atoms with E-state index in [1.165, 1.54) is 6.33 Å². The molecule has 0 unspecified atom stereocenters. The normalized spacial score (nSPS) is 11.5. The van der Waals surface area contributed by atoms with Crippen molar-refractivity contribution in [3.63, 3.8) is 0 Å². The topological polar surface area (TPSA) is 120 Å². The maximum atomic E-state index is 13.4. The lowest BCUT2D eigenvalue weighted by atomic mass is 9.98. The van der Waals surface area contributed by atoms with Gasteiger partial charge in [-0.2, -0.15) is 5.10 Å². The Morgan fingerprint density at radius 3 is 2.71 bits per heavy atom. The van der Waals surface area contributed by atoms with Gasteiger partial charge in [-0.25, -0.2) is 19.5 Å². The van der Waals surface area contributed by atoms with E-state index < -0.39 is 0 Å². The number of hydrogen-bond donors (Lipinski definition) is 2. The summed E-state index contributed by atoms with van der Waals surface area (Å²) in [7, 11) is 1.63. The van der Waals surface area contributed by atoms with Crippen LogP contribution in [-0.2, 0) is 16.1 Å². The number of rotatable bonds is 5. The minimum atomic E-state index is -0.368. The molecule has 1 aromatic carbocycles. The van der Waals surface area contributed by atoms with Crippen molar-refractivity contribution in [2.24, 2.45) is 0 Å². The second-order valence-electron chi connectivity index (χ2n) is 7.49. The fourth-order valence-electron chi connectivity index (χ4n) is 3.45. The van der Waals surface area contributed by atoms with E-state index >= 15 is 0 Å². The summed E-state index contributed by atoms with van der Waals surface area (Å²) in [5, 5.41) is 7.19. The SMILES string of the molecule is COCc1ccc(NC(=O)/C(=C(/C)C#Cc2cnc3cccnn23)c2c(C)ncnc2N)cc1. The van der Waals surface area contributed by atoms with Crippen molar-refractivity contribution in [2.75, 3.05) is 18.2 Å². The Kier molecular flexibility index (Phi) is 6.62. The summed E-state index contributed by atoms with van der Waals surface area (Å²) in [6.45, 7) is 4.02. The van der Waals surface area contributed by atoms with E-state index in [1.54, 1.807) is 43.9 Å². The van der Waals surface area contributed by atoms with E-state index in [0.29, 0.717) is 46.0 Å². The van der Waals surface area contributed by atoms with Crippen LogP contribution in [0, 0.1) is 18.8 Å². The highest BCUT2D eigenvalue weighted by Crippen LogP contribution is 2.27. The molecule has 9 nitrogen and oxygen atoms in total. The molecule has 0 aliphatic carbocycles. The Bertz CT molecular complexity index is 1420. The Morgan fingerprint density at radius 1 is 1.18 bits per heavy atom. The van der Waals surface area contributed by atoms with Crippen molar-refractivity contribution in [3.8, 4) is 11.8 Å². The smallest absolute Gasteiger partial charge is 0.257 e. The first-order valence-electron chi connectivity index (χ1n) is 10.5. The highest BCUT2D eigenvalue weighted by atomic mass is 16.5. The van der Waals surface area contributed by atoms with Crippen LogP contribution in [0.25, 0.3) is 11.2 Å². The number of nitrogens with zero attached hydrogens (tertiary/aromatic N) is 5. The average Bonchev–Trinajstić information content (AvgIpc) is 3.24. The molecule has 170 valence electrons. The number of ether oxygens (including phenoxy) is 1. The van der Waals surface area contributed by atoms with Crippen molar-refractivity contribution in [2.45, 2.75) is 20.5 Å². The van der Waals surface area contributed by atoms with E-state index in [1.807, 2.05) is 30.3 Å². The van der Waals surface area contributed by atoms with E-state index in [0.717, 1.165) is 5.56 Å². The largest absolute Gasteiger partial charge is 0.383 e. The van der Waals surface area contributed by atoms with E-state index in [-0.39, 0.29) is 11.7 Å². The van der Waals surface area contributed by atoms with Crippen LogP contribution >= 0.6 is 0 Å². The average molecular weight is 454 g/mol. The highest BCUT2D eigenvalue weighted by Gasteiger charge is 2.21. The summed E-state index contributed by atoms with van der Waals surface area (Å²) < 4.78 is 6.77. The number of fused-ring (bicyclic) bond motifs is 1. The highest BCUT2D eigenvalue weighted by molar-refractivity contribution is 6.27. The molecule has 4 rings (SSSR count). The molecule has 0 spiro atoms. The van der Waals surface area contributed by atoms with Crippen LogP contribution in [0.2, 0.25) is 0 Å². The molecule has 9 heteroatoms. The van der Waals surface area contributed by atoms with Gasteiger partial charge in [0.05, 0.1) is 29.6 Å². The van der Waals surface area contributed by atoms with Gasteiger partial charge in [0.1, 0.15) is 17.8 Å². The Balaban J connectivity index is 1.75. The number of amides is 1. The molecule has 0 saturated heterocycles. The number of methoxy groups -OCH3 is 1. The van der Waals surface area contributed by atoms with Crippen LogP contribution < -0.4 is 11.1 Å². The zero-order valence-corrected chi connectivity index (χ0v) is 19.0. The number of imidazole rings is 1. The number of nitrogens with two attached hydrogens (primary N) is 1. The number of aromatic nitrogens is 5. The monoisotopic (exact) mass is 453 g/mol. The molecule has 0 fully saturated rings. The van der Waals surface area contributed by atoms with Crippen molar-refractivity contribution in [1.29, 1.82) is 0 Å². The second kappa shape index (κ2) is 9.94. The molecule has 34 heavy (non-hydrogen) atoms. The molecule has 0 saturated carbocycles. The lowest BCUT2D eigenvalue weighted by Gasteiger charge is -2.14. The van der Waals surface area contributed by atoms with Crippen LogP contribution in [0.15, 0.2) is 60.7 Å². The Labute approximate surface area is 196 Å². The zero-order chi connectivity index (χ0) is 24.1. The van der Waals surface area contributed by atoms with Crippen LogP contribution in [0.1, 0.15) is 29.4 Å². The molecule has 4 aromatic rings. The van der Waals surface area contributed by atoms with Crippen LogP contribution in [0.5, 0.6) is 0 Å². The molecule has 0 bridgehead atoms. The number of anilines is 2. The van der Waals surface area contributed by atoms with E-state index in [4.69, 9.17) is 10.5 Å². The zero-order valence-electron chi connectivity index (χ0n) is 19.0. The predicted molar refractivity (Wildman–Crippen MR) is 129 cm³/mol. The van der Waals surface area contributed by atoms with Crippen molar-refractivity contribution >= 4 is 28.6 Å². The molecule has 0 aliphatic heterocycles. The number of carbonyl (C=O) groups excluding carboxylic acids is 1. The summed E-state index contributed by atoms with van der Waals surface area (Å²) >= 11 is 0. The van der Waals surface area contributed by atoms with Gasteiger partial charge in [-0.15, -0.1) is 0 Å². The lowest BCUT2D eigenvalue weighted by molar-refractivity contribution is -0.111. The maximum Gasteiger partial charge on any atom is 0.257 e. The van der Waals surface area contributed by atoms with E-state index in [9.17, 15) is 4.79 Å². The first-order chi connectivity index (χ1) is 16.5. The molecule has 3 aromatic heterocycles. The standard InChI is InChI=1S/C25H23N7O2/c1-16(6-11-20-13-27-21-5-4-12-30-32(20)21)22(23-17(2)28-15-29-24(23)26)25(33)31-19-9-7-18(8-10-19)14-34-3/h4-5,7-10,12-13,15H,14H2,1-3H3,(H,31,33)(H2,26,28,29)/b22-16-. The summed E-state index contributed by atoms with van der Waals surface area (Å²) in [6, 6.07) is 11.0. The quantitative estimate of drug-likeness (QED) is 0.352. The minimum absolute atomic E-state index is 0.200. The third kappa shape index (κ3) is 4.77. The number of nitrogen functional groups attached to an aromatic ring is 1. The first kappa shape index (κ1) is 22.6. The molecule has 0 aliphatic rings. The van der Waals surface area contributed by atoms with Gasteiger partial charge in [0, 0.05) is 24.6 Å². The van der Waals surface area contributed by atoms with Crippen LogP contribution in [-0.4, -0.2) is 37.6 Å². The van der Waals surface area contributed by atoms with Crippen molar-refractivity contribution in [1.82, 2.24) is 24.6 Å².